The monoisotopic (exact) mass is 230 g/mol. The average molecular weight is 231 g/mol. The van der Waals surface area contributed by atoms with Gasteiger partial charge in [-0.3, -0.25) is 0 Å². The summed E-state index contributed by atoms with van der Waals surface area (Å²) in [5.41, 5.74) is 0.0997. The molecule has 6 heteroatoms. The van der Waals surface area contributed by atoms with Crippen LogP contribution in [0.15, 0.2) is 0 Å². The van der Waals surface area contributed by atoms with Gasteiger partial charge < -0.3 is 5.32 Å². The van der Waals surface area contributed by atoms with Crippen molar-refractivity contribution in [3.8, 4) is 6.07 Å². The summed E-state index contributed by atoms with van der Waals surface area (Å²) in [5.74, 6) is 0.328. The van der Waals surface area contributed by atoms with E-state index in [9.17, 15) is 0 Å². The predicted octanol–water partition coefficient (Wildman–Crippen LogP) is 2.48. The molecule has 1 N–H and O–H groups in total. The molecule has 1 aromatic heterocycles. The van der Waals surface area contributed by atoms with E-state index in [1.54, 1.807) is 0 Å². The molecule has 0 aliphatic rings. The Balaban J connectivity index is 3.09. The van der Waals surface area contributed by atoms with Crippen LogP contribution in [0.1, 0.15) is 19.4 Å². The van der Waals surface area contributed by atoms with Gasteiger partial charge in [-0.15, -0.1) is 0 Å². The van der Waals surface area contributed by atoms with E-state index in [1.165, 1.54) is 0 Å². The molecule has 1 heterocycles. The summed E-state index contributed by atoms with van der Waals surface area (Å²) in [6.07, 6.45) is 0. The summed E-state index contributed by atoms with van der Waals surface area (Å²) >= 11 is 11.4. The lowest BCUT2D eigenvalue weighted by Gasteiger charge is -2.08. The van der Waals surface area contributed by atoms with E-state index in [0.717, 1.165) is 0 Å². The van der Waals surface area contributed by atoms with Gasteiger partial charge >= 0.3 is 0 Å². The first-order chi connectivity index (χ1) is 6.54. The van der Waals surface area contributed by atoms with Gasteiger partial charge in [0.15, 0.2) is 10.3 Å². The summed E-state index contributed by atoms with van der Waals surface area (Å²) in [4.78, 5) is 7.76. The van der Waals surface area contributed by atoms with E-state index >= 15 is 0 Å². The van der Waals surface area contributed by atoms with Gasteiger partial charge in [0.25, 0.3) is 0 Å². The van der Waals surface area contributed by atoms with Gasteiger partial charge in [-0.2, -0.15) is 15.2 Å². The van der Waals surface area contributed by atoms with Crippen LogP contribution in [0.4, 0.5) is 5.95 Å². The molecular formula is C8H8Cl2N4. The highest BCUT2D eigenvalue weighted by molar-refractivity contribution is 6.35. The average Bonchev–Trinajstić information content (AvgIpc) is 2.01. The third kappa shape index (κ3) is 2.47. The van der Waals surface area contributed by atoms with Crippen LogP contribution >= 0.6 is 23.2 Å². The Bertz CT molecular complexity index is 360. The van der Waals surface area contributed by atoms with Crippen molar-refractivity contribution in [2.24, 2.45) is 0 Å². The quantitative estimate of drug-likeness (QED) is 0.794. The van der Waals surface area contributed by atoms with Gasteiger partial charge in [0.2, 0.25) is 5.95 Å². The molecule has 1 rings (SSSR count). The van der Waals surface area contributed by atoms with Gasteiger partial charge in [0, 0.05) is 6.04 Å². The van der Waals surface area contributed by atoms with Gasteiger partial charge in [-0.05, 0) is 13.8 Å². The Morgan fingerprint density at radius 2 is 1.79 bits per heavy atom. The number of anilines is 1. The summed E-state index contributed by atoms with van der Waals surface area (Å²) in [6, 6.07) is 2.00. The van der Waals surface area contributed by atoms with Crippen LogP contribution in [0.3, 0.4) is 0 Å². The number of nitrogens with one attached hydrogen (secondary N) is 1. The summed E-state index contributed by atoms with van der Waals surface area (Å²) in [5, 5.41) is 11.7. The number of rotatable bonds is 2. The molecule has 0 saturated heterocycles. The number of hydrogen-bond acceptors (Lipinski definition) is 4. The molecule has 1 aromatic rings. The maximum absolute atomic E-state index is 8.65. The first kappa shape index (κ1) is 11.0. The first-order valence-corrected chi connectivity index (χ1v) is 4.70. The van der Waals surface area contributed by atoms with Gasteiger partial charge in [-0.25, -0.2) is 0 Å². The molecular weight excluding hydrogens is 223 g/mol. The van der Waals surface area contributed by atoms with Gasteiger partial charge in [0.05, 0.1) is 0 Å². The molecule has 4 nitrogen and oxygen atoms in total. The Hall–Kier alpha value is -1.05. The topological polar surface area (TPSA) is 61.6 Å². The molecule has 74 valence electrons. The van der Waals surface area contributed by atoms with Crippen molar-refractivity contribution in [1.29, 1.82) is 5.26 Å². The molecule has 0 fully saturated rings. The first-order valence-electron chi connectivity index (χ1n) is 3.94. The second kappa shape index (κ2) is 4.45. The van der Waals surface area contributed by atoms with Crippen LogP contribution < -0.4 is 5.32 Å². The van der Waals surface area contributed by atoms with E-state index in [-0.39, 0.29) is 21.9 Å². The zero-order chi connectivity index (χ0) is 10.7. The molecule has 0 bridgehead atoms. The number of nitriles is 1. The zero-order valence-corrected chi connectivity index (χ0v) is 9.19. The van der Waals surface area contributed by atoms with Crippen LogP contribution in [-0.2, 0) is 0 Å². The molecule has 0 radical (unpaired) electrons. The van der Waals surface area contributed by atoms with Crippen molar-refractivity contribution < 1.29 is 0 Å². The lowest BCUT2D eigenvalue weighted by atomic mass is 10.4. The van der Waals surface area contributed by atoms with Crippen molar-refractivity contribution in [1.82, 2.24) is 9.97 Å². The minimum Gasteiger partial charge on any atom is -0.352 e. The Kier molecular flexibility index (Phi) is 3.50. The molecule has 0 aromatic carbocycles. The van der Waals surface area contributed by atoms with Crippen LogP contribution in [0.25, 0.3) is 0 Å². The molecule has 0 unspecified atom stereocenters. The van der Waals surface area contributed by atoms with Gasteiger partial charge in [-0.1, -0.05) is 23.2 Å². The van der Waals surface area contributed by atoms with Crippen LogP contribution in [-0.4, -0.2) is 16.0 Å². The fourth-order valence-corrected chi connectivity index (χ4v) is 1.29. The standard InChI is InChI=1S/C8H8Cl2N4/c1-4(2)12-8-13-6(9)5(3-11)7(10)14-8/h4H,1-2H3,(H,12,13,14). The van der Waals surface area contributed by atoms with Gasteiger partial charge in [0.1, 0.15) is 11.6 Å². The lowest BCUT2D eigenvalue weighted by Crippen LogP contribution is -2.13. The second-order valence-corrected chi connectivity index (χ2v) is 3.63. The predicted molar refractivity (Wildman–Crippen MR) is 55.5 cm³/mol. The third-order valence-electron chi connectivity index (χ3n) is 1.35. The highest BCUT2D eigenvalue weighted by Gasteiger charge is 2.11. The Morgan fingerprint density at radius 1 is 1.29 bits per heavy atom. The molecule has 0 atom stereocenters. The lowest BCUT2D eigenvalue weighted by molar-refractivity contribution is 0.874. The molecule has 0 spiro atoms. The van der Waals surface area contributed by atoms with E-state index < -0.39 is 0 Å². The summed E-state index contributed by atoms with van der Waals surface area (Å²) < 4.78 is 0. The third-order valence-corrected chi connectivity index (χ3v) is 1.90. The number of aromatic nitrogens is 2. The minimum absolute atomic E-state index is 0.0654. The van der Waals surface area contributed by atoms with E-state index in [1.807, 2.05) is 19.9 Å². The van der Waals surface area contributed by atoms with E-state index in [0.29, 0.717) is 5.95 Å². The highest BCUT2D eigenvalue weighted by Crippen LogP contribution is 2.21. The SMILES string of the molecule is CC(C)Nc1nc(Cl)c(C#N)c(Cl)n1. The maximum atomic E-state index is 8.65. The normalized spacial score (nSPS) is 10.0. The fourth-order valence-electron chi connectivity index (χ4n) is 0.823. The maximum Gasteiger partial charge on any atom is 0.225 e. The van der Waals surface area contributed by atoms with Crippen molar-refractivity contribution in [3.05, 3.63) is 15.9 Å². The molecule has 0 aliphatic heterocycles. The number of halogens is 2. The van der Waals surface area contributed by atoms with Crippen molar-refractivity contribution >= 4 is 29.2 Å². The molecule has 0 saturated carbocycles. The van der Waals surface area contributed by atoms with Crippen LogP contribution in [0.2, 0.25) is 10.3 Å². The van der Waals surface area contributed by atoms with E-state index in [4.69, 9.17) is 28.5 Å². The number of nitrogens with zero attached hydrogens (tertiary/aromatic N) is 3. The summed E-state index contributed by atoms with van der Waals surface area (Å²) in [6.45, 7) is 3.87. The van der Waals surface area contributed by atoms with Crippen molar-refractivity contribution in [2.45, 2.75) is 19.9 Å². The van der Waals surface area contributed by atoms with Crippen molar-refractivity contribution in [3.63, 3.8) is 0 Å². The summed E-state index contributed by atoms with van der Waals surface area (Å²) in [7, 11) is 0. The second-order valence-electron chi connectivity index (χ2n) is 2.91. The Morgan fingerprint density at radius 3 is 2.14 bits per heavy atom. The molecule has 0 aliphatic carbocycles. The van der Waals surface area contributed by atoms with Crippen LogP contribution in [0.5, 0.6) is 0 Å². The Labute approximate surface area is 91.9 Å². The number of hydrogen-bond donors (Lipinski definition) is 1. The highest BCUT2D eigenvalue weighted by atomic mass is 35.5. The largest absolute Gasteiger partial charge is 0.352 e. The smallest absolute Gasteiger partial charge is 0.225 e. The zero-order valence-electron chi connectivity index (χ0n) is 7.67. The minimum atomic E-state index is 0.0654. The molecule has 14 heavy (non-hydrogen) atoms. The van der Waals surface area contributed by atoms with E-state index in [2.05, 4.69) is 15.3 Å². The van der Waals surface area contributed by atoms with Crippen molar-refractivity contribution in [2.75, 3.05) is 5.32 Å². The molecule has 0 amide bonds. The van der Waals surface area contributed by atoms with Crippen LogP contribution in [0, 0.1) is 11.3 Å². The fraction of sp³-hybridized carbons (Fsp3) is 0.375.